The van der Waals surface area contributed by atoms with Crippen LogP contribution in [0.1, 0.15) is 45.4 Å². The first-order valence-electron chi connectivity index (χ1n) is 11.7. The third-order valence-corrected chi connectivity index (χ3v) is 7.45. The normalized spacial score (nSPS) is 30.3. The first-order valence-corrected chi connectivity index (χ1v) is 11.7. The molecule has 2 amide bonds. The summed E-state index contributed by atoms with van der Waals surface area (Å²) < 4.78 is 11.1. The maximum Gasteiger partial charge on any atom is 0.238 e. The molecule has 4 fully saturated rings. The average Bonchev–Trinajstić information content (AvgIpc) is 2.71. The summed E-state index contributed by atoms with van der Waals surface area (Å²) in [7, 11) is 0. The highest BCUT2D eigenvalue weighted by Crippen LogP contribution is 2.55. The van der Waals surface area contributed by atoms with Crippen LogP contribution in [0.15, 0.2) is 18.2 Å². The zero-order chi connectivity index (χ0) is 21.4. The lowest BCUT2D eigenvalue weighted by molar-refractivity contribution is -0.128. The Morgan fingerprint density at radius 1 is 0.968 bits per heavy atom. The number of carbonyl (C=O) groups is 2. The second kappa shape index (κ2) is 8.34. The van der Waals surface area contributed by atoms with Gasteiger partial charge in [-0.2, -0.15) is 0 Å². The molecule has 0 spiro atoms. The van der Waals surface area contributed by atoms with E-state index in [0.717, 1.165) is 37.0 Å². The Morgan fingerprint density at radius 3 is 2.23 bits per heavy atom. The van der Waals surface area contributed by atoms with Crippen molar-refractivity contribution >= 4 is 17.5 Å². The van der Waals surface area contributed by atoms with Crippen LogP contribution in [-0.2, 0) is 9.59 Å². The van der Waals surface area contributed by atoms with Crippen LogP contribution in [0.5, 0.6) is 11.5 Å². The summed E-state index contributed by atoms with van der Waals surface area (Å²) in [6.07, 6.45) is 7.49. The minimum atomic E-state index is -0.138. The van der Waals surface area contributed by atoms with E-state index in [4.69, 9.17) is 9.47 Å². The number of hydrogen-bond donors (Lipinski definition) is 2. The molecular weight excluding hydrogens is 394 g/mol. The summed E-state index contributed by atoms with van der Waals surface area (Å²) in [5, 5.41) is 6.31. The molecule has 1 heterocycles. The lowest BCUT2D eigenvalue weighted by atomic mass is 9.53. The Morgan fingerprint density at radius 2 is 1.58 bits per heavy atom. The predicted molar refractivity (Wildman–Crippen MR) is 117 cm³/mol. The van der Waals surface area contributed by atoms with Crippen molar-refractivity contribution in [3.05, 3.63) is 18.2 Å². The molecule has 0 unspecified atom stereocenters. The first-order chi connectivity index (χ1) is 15.0. The van der Waals surface area contributed by atoms with Crippen molar-refractivity contribution < 1.29 is 19.1 Å². The van der Waals surface area contributed by atoms with Crippen molar-refractivity contribution in [2.24, 2.45) is 17.8 Å². The fourth-order valence-electron chi connectivity index (χ4n) is 6.61. The molecule has 6 rings (SSSR count). The Kier molecular flexibility index (Phi) is 5.54. The highest BCUT2D eigenvalue weighted by molar-refractivity contribution is 5.93. The minimum absolute atomic E-state index is 0.0126. The molecule has 1 aromatic carbocycles. The summed E-state index contributed by atoms with van der Waals surface area (Å²) in [5.41, 5.74) is 0.682. The molecule has 4 aliphatic carbocycles. The van der Waals surface area contributed by atoms with Crippen LogP contribution < -0.4 is 20.1 Å². The lowest BCUT2D eigenvalue weighted by Gasteiger charge is -2.57. The van der Waals surface area contributed by atoms with E-state index in [1.54, 1.807) is 18.2 Å². The molecule has 4 bridgehead atoms. The quantitative estimate of drug-likeness (QED) is 0.700. The largest absolute Gasteiger partial charge is 0.486 e. The lowest BCUT2D eigenvalue weighted by Crippen LogP contribution is -2.61. The van der Waals surface area contributed by atoms with Gasteiger partial charge in [0.2, 0.25) is 11.8 Å². The number of amides is 2. The molecule has 4 saturated carbocycles. The maximum atomic E-state index is 12.9. The Balaban J connectivity index is 1.14. The third kappa shape index (κ3) is 4.52. The van der Waals surface area contributed by atoms with Crippen LogP contribution in [0.2, 0.25) is 0 Å². The van der Waals surface area contributed by atoms with Crippen molar-refractivity contribution in [3.63, 3.8) is 0 Å². The Hall–Kier alpha value is -2.28. The van der Waals surface area contributed by atoms with Crippen LogP contribution in [0.4, 0.5) is 5.69 Å². The number of ether oxygens (including phenoxy) is 2. The van der Waals surface area contributed by atoms with E-state index in [0.29, 0.717) is 36.9 Å². The molecule has 7 heteroatoms. The fraction of sp³-hybridized carbons (Fsp3) is 0.667. The molecule has 1 aromatic rings. The molecular formula is C24H33N3O4. The summed E-state index contributed by atoms with van der Waals surface area (Å²) in [6, 6.07) is 5.39. The minimum Gasteiger partial charge on any atom is -0.486 e. The number of likely N-dealkylation sites (N-methyl/N-ethyl adjacent to an activating group) is 1. The van der Waals surface area contributed by atoms with E-state index in [-0.39, 0.29) is 30.4 Å². The van der Waals surface area contributed by atoms with Crippen molar-refractivity contribution in [2.45, 2.75) is 51.0 Å². The molecule has 168 valence electrons. The third-order valence-electron chi connectivity index (χ3n) is 7.45. The highest BCUT2D eigenvalue weighted by Gasteiger charge is 2.51. The van der Waals surface area contributed by atoms with Crippen LogP contribution >= 0.6 is 0 Å². The topological polar surface area (TPSA) is 79.9 Å². The van der Waals surface area contributed by atoms with E-state index in [1.807, 2.05) is 11.8 Å². The molecule has 31 heavy (non-hydrogen) atoms. The number of fused-ring (bicyclic) bond motifs is 1. The van der Waals surface area contributed by atoms with Crippen molar-refractivity contribution in [1.82, 2.24) is 10.2 Å². The van der Waals surface area contributed by atoms with Gasteiger partial charge in [-0.3, -0.25) is 14.5 Å². The Bertz CT molecular complexity index is 820. The predicted octanol–water partition coefficient (Wildman–Crippen LogP) is 2.80. The smallest absolute Gasteiger partial charge is 0.238 e. The molecule has 0 atom stereocenters. The number of nitrogens with zero attached hydrogens (tertiary/aromatic N) is 1. The van der Waals surface area contributed by atoms with Crippen molar-refractivity contribution in [1.29, 1.82) is 0 Å². The summed E-state index contributed by atoms with van der Waals surface area (Å²) in [6.45, 7) is 4.10. The van der Waals surface area contributed by atoms with E-state index in [2.05, 4.69) is 10.6 Å². The van der Waals surface area contributed by atoms with E-state index < -0.39 is 0 Å². The monoisotopic (exact) mass is 427 g/mol. The molecule has 5 aliphatic rings. The number of nitrogens with one attached hydrogen (secondary N) is 2. The summed E-state index contributed by atoms with van der Waals surface area (Å²) >= 11 is 0. The summed E-state index contributed by atoms with van der Waals surface area (Å²) in [4.78, 5) is 27.4. The van der Waals surface area contributed by atoms with E-state index in [1.165, 1.54) is 19.3 Å². The van der Waals surface area contributed by atoms with Crippen LogP contribution in [0, 0.1) is 17.8 Å². The molecule has 0 radical (unpaired) electrons. The second-order valence-electron chi connectivity index (χ2n) is 9.96. The van der Waals surface area contributed by atoms with Crippen molar-refractivity contribution in [2.75, 3.05) is 38.2 Å². The van der Waals surface area contributed by atoms with E-state index in [9.17, 15) is 9.59 Å². The number of anilines is 1. The standard InChI is InChI=1S/C24H33N3O4/c1-2-27(14-22(28)25-19-3-4-20-21(10-19)31-6-5-30-20)15-23(29)26-24-11-16-7-17(12-24)9-18(8-16)13-24/h3-4,10,16-18H,2,5-9,11-15H2,1H3,(H,25,28)(H,26,29). The van der Waals surface area contributed by atoms with Crippen molar-refractivity contribution in [3.8, 4) is 11.5 Å². The fourth-order valence-corrected chi connectivity index (χ4v) is 6.61. The van der Waals surface area contributed by atoms with Gasteiger partial charge in [-0.25, -0.2) is 0 Å². The van der Waals surface area contributed by atoms with Crippen LogP contribution in [0.25, 0.3) is 0 Å². The van der Waals surface area contributed by atoms with Crippen LogP contribution in [0.3, 0.4) is 0 Å². The summed E-state index contributed by atoms with van der Waals surface area (Å²) in [5.74, 6) is 3.64. The SMILES string of the molecule is CCN(CC(=O)Nc1ccc2c(c1)OCCO2)CC(=O)NC12CC3CC(CC(C3)C1)C2. The first kappa shape index (κ1) is 20.6. The number of rotatable bonds is 7. The van der Waals surface area contributed by atoms with Gasteiger partial charge in [-0.15, -0.1) is 0 Å². The van der Waals surface area contributed by atoms with Gasteiger partial charge in [-0.1, -0.05) is 6.92 Å². The molecule has 0 saturated heterocycles. The number of benzene rings is 1. The van der Waals surface area contributed by atoms with Crippen LogP contribution in [-0.4, -0.2) is 55.1 Å². The zero-order valence-electron chi connectivity index (χ0n) is 18.3. The second-order valence-corrected chi connectivity index (χ2v) is 9.96. The van der Waals surface area contributed by atoms with Gasteiger partial charge in [0.25, 0.3) is 0 Å². The number of carbonyl (C=O) groups excluding carboxylic acids is 2. The van der Waals surface area contributed by atoms with Gasteiger partial charge in [0.05, 0.1) is 13.1 Å². The van der Waals surface area contributed by atoms with Gasteiger partial charge in [0.1, 0.15) is 13.2 Å². The van der Waals surface area contributed by atoms with Gasteiger partial charge in [-0.05, 0) is 75.0 Å². The average molecular weight is 428 g/mol. The maximum absolute atomic E-state index is 12.9. The molecule has 0 aromatic heterocycles. The number of hydrogen-bond acceptors (Lipinski definition) is 5. The molecule has 1 aliphatic heterocycles. The molecule has 2 N–H and O–H groups in total. The Labute approximate surface area is 183 Å². The van der Waals surface area contributed by atoms with E-state index >= 15 is 0 Å². The zero-order valence-corrected chi connectivity index (χ0v) is 18.3. The van der Waals surface area contributed by atoms with Gasteiger partial charge in [0, 0.05) is 17.3 Å². The van der Waals surface area contributed by atoms with Gasteiger partial charge < -0.3 is 20.1 Å². The highest BCUT2D eigenvalue weighted by atomic mass is 16.6. The molecule has 7 nitrogen and oxygen atoms in total. The van der Waals surface area contributed by atoms with Gasteiger partial charge >= 0.3 is 0 Å². The van der Waals surface area contributed by atoms with Gasteiger partial charge in [0.15, 0.2) is 11.5 Å².